The first-order valence-electron chi connectivity index (χ1n) is 9.47. The van der Waals surface area contributed by atoms with Gasteiger partial charge in [0, 0.05) is 26.7 Å². The summed E-state index contributed by atoms with van der Waals surface area (Å²) in [6.07, 6.45) is 1.27. The molecule has 0 radical (unpaired) electrons. The predicted octanol–water partition coefficient (Wildman–Crippen LogP) is 3.78. The minimum Gasteiger partial charge on any atom is -0.497 e. The molecule has 0 unspecified atom stereocenters. The molecule has 0 N–H and O–H groups in total. The standard InChI is InChI=1S/C22H30N2O2/c1-16-9-17(2)13-24(12-16)15-22(25)23(3)14-18-5-6-20-11-21(26-4)8-7-19(20)10-18/h5-8,10-11,16-17H,9,12-15H2,1-4H3/t16-,17-/m1/s1. The number of nitrogens with zero attached hydrogens (tertiary/aromatic N) is 2. The number of rotatable bonds is 5. The topological polar surface area (TPSA) is 32.8 Å². The van der Waals surface area contributed by atoms with Crippen molar-refractivity contribution >= 4 is 16.7 Å². The highest BCUT2D eigenvalue weighted by Crippen LogP contribution is 2.23. The van der Waals surface area contributed by atoms with E-state index in [0.717, 1.165) is 29.8 Å². The Morgan fingerprint density at radius 3 is 2.46 bits per heavy atom. The summed E-state index contributed by atoms with van der Waals surface area (Å²) in [5, 5.41) is 2.32. The van der Waals surface area contributed by atoms with Crippen LogP contribution in [0.15, 0.2) is 36.4 Å². The van der Waals surface area contributed by atoms with Crippen LogP contribution in [0.2, 0.25) is 0 Å². The summed E-state index contributed by atoms with van der Waals surface area (Å²) < 4.78 is 5.28. The van der Waals surface area contributed by atoms with Gasteiger partial charge in [-0.05, 0) is 52.8 Å². The van der Waals surface area contributed by atoms with Crippen molar-refractivity contribution in [2.24, 2.45) is 11.8 Å². The Kier molecular flexibility index (Phi) is 5.82. The number of hydrogen-bond acceptors (Lipinski definition) is 3. The molecule has 2 aromatic carbocycles. The van der Waals surface area contributed by atoms with Crippen molar-refractivity contribution in [3.05, 3.63) is 42.0 Å². The van der Waals surface area contributed by atoms with E-state index in [1.54, 1.807) is 7.11 Å². The molecule has 3 rings (SSSR count). The molecule has 26 heavy (non-hydrogen) atoms. The molecule has 1 fully saturated rings. The van der Waals surface area contributed by atoms with E-state index in [-0.39, 0.29) is 5.91 Å². The van der Waals surface area contributed by atoms with Gasteiger partial charge >= 0.3 is 0 Å². The maximum Gasteiger partial charge on any atom is 0.236 e. The van der Waals surface area contributed by atoms with Crippen LogP contribution in [0.25, 0.3) is 10.8 Å². The van der Waals surface area contributed by atoms with Gasteiger partial charge in [0.05, 0.1) is 13.7 Å². The van der Waals surface area contributed by atoms with Gasteiger partial charge in [-0.2, -0.15) is 0 Å². The first-order valence-corrected chi connectivity index (χ1v) is 9.47. The van der Waals surface area contributed by atoms with Gasteiger partial charge in [-0.25, -0.2) is 0 Å². The lowest BCUT2D eigenvalue weighted by molar-refractivity contribution is -0.132. The molecule has 1 heterocycles. The number of carbonyl (C=O) groups excluding carboxylic acids is 1. The van der Waals surface area contributed by atoms with Gasteiger partial charge < -0.3 is 9.64 Å². The lowest BCUT2D eigenvalue weighted by Crippen LogP contribution is -2.44. The number of hydrogen-bond donors (Lipinski definition) is 0. The van der Waals surface area contributed by atoms with E-state index < -0.39 is 0 Å². The van der Waals surface area contributed by atoms with Crippen molar-refractivity contribution in [2.75, 3.05) is 33.8 Å². The van der Waals surface area contributed by atoms with Crippen LogP contribution in [0, 0.1) is 11.8 Å². The van der Waals surface area contributed by atoms with E-state index in [1.807, 2.05) is 24.1 Å². The molecule has 1 saturated heterocycles. The lowest BCUT2D eigenvalue weighted by atomic mass is 9.92. The van der Waals surface area contributed by atoms with Crippen molar-refractivity contribution in [1.29, 1.82) is 0 Å². The van der Waals surface area contributed by atoms with Gasteiger partial charge in [-0.15, -0.1) is 0 Å². The minimum atomic E-state index is 0.195. The van der Waals surface area contributed by atoms with Crippen LogP contribution in [-0.4, -0.2) is 49.5 Å². The van der Waals surface area contributed by atoms with Gasteiger partial charge in [0.2, 0.25) is 5.91 Å². The average molecular weight is 354 g/mol. The van der Waals surface area contributed by atoms with Crippen molar-refractivity contribution in [2.45, 2.75) is 26.8 Å². The van der Waals surface area contributed by atoms with Gasteiger partial charge in [0.25, 0.3) is 0 Å². The van der Waals surface area contributed by atoms with Crippen LogP contribution in [0.5, 0.6) is 5.75 Å². The van der Waals surface area contributed by atoms with Crippen molar-refractivity contribution in [1.82, 2.24) is 9.80 Å². The normalized spacial score (nSPS) is 20.9. The number of likely N-dealkylation sites (N-methyl/N-ethyl adjacent to an activating group) is 1. The molecule has 140 valence electrons. The fourth-order valence-electron chi connectivity index (χ4n) is 4.09. The Balaban J connectivity index is 1.62. The van der Waals surface area contributed by atoms with E-state index in [9.17, 15) is 4.79 Å². The number of likely N-dealkylation sites (tertiary alicyclic amines) is 1. The average Bonchev–Trinajstić information content (AvgIpc) is 2.60. The van der Waals surface area contributed by atoms with Crippen LogP contribution >= 0.6 is 0 Å². The molecule has 2 atom stereocenters. The third-order valence-electron chi connectivity index (χ3n) is 5.26. The monoisotopic (exact) mass is 354 g/mol. The van der Waals surface area contributed by atoms with E-state index in [4.69, 9.17) is 4.74 Å². The summed E-state index contributed by atoms with van der Waals surface area (Å²) in [5.41, 5.74) is 1.15. The zero-order valence-electron chi connectivity index (χ0n) is 16.4. The molecule has 0 bridgehead atoms. The van der Waals surface area contributed by atoms with Crippen LogP contribution in [0.1, 0.15) is 25.8 Å². The zero-order chi connectivity index (χ0) is 18.7. The second kappa shape index (κ2) is 8.09. The highest BCUT2D eigenvalue weighted by atomic mass is 16.5. The lowest BCUT2D eigenvalue weighted by Gasteiger charge is -2.35. The van der Waals surface area contributed by atoms with Crippen molar-refractivity contribution in [3.8, 4) is 5.75 Å². The number of amides is 1. The van der Waals surface area contributed by atoms with Gasteiger partial charge in [0.15, 0.2) is 0 Å². The Labute approximate surface area is 156 Å². The molecular formula is C22H30N2O2. The van der Waals surface area contributed by atoms with Gasteiger partial charge in [-0.1, -0.05) is 32.0 Å². The smallest absolute Gasteiger partial charge is 0.236 e. The Morgan fingerprint density at radius 1 is 1.12 bits per heavy atom. The van der Waals surface area contributed by atoms with Crippen LogP contribution in [-0.2, 0) is 11.3 Å². The minimum absolute atomic E-state index is 0.195. The second-order valence-corrected chi connectivity index (χ2v) is 7.94. The van der Waals surface area contributed by atoms with Gasteiger partial charge in [0.1, 0.15) is 5.75 Å². The fourth-order valence-corrected chi connectivity index (χ4v) is 4.09. The number of methoxy groups -OCH3 is 1. The molecule has 1 amide bonds. The van der Waals surface area contributed by atoms with Crippen molar-refractivity contribution in [3.63, 3.8) is 0 Å². The van der Waals surface area contributed by atoms with Crippen LogP contribution in [0.4, 0.5) is 0 Å². The third-order valence-corrected chi connectivity index (χ3v) is 5.26. The molecule has 2 aromatic rings. The molecule has 4 heteroatoms. The summed E-state index contributed by atoms with van der Waals surface area (Å²) in [6.45, 7) is 7.78. The van der Waals surface area contributed by atoms with E-state index in [0.29, 0.717) is 24.9 Å². The summed E-state index contributed by atoms with van der Waals surface area (Å²) >= 11 is 0. The molecule has 1 aliphatic rings. The number of benzene rings is 2. The predicted molar refractivity (Wildman–Crippen MR) is 106 cm³/mol. The first kappa shape index (κ1) is 18.7. The number of carbonyl (C=O) groups is 1. The van der Waals surface area contributed by atoms with Crippen LogP contribution in [0.3, 0.4) is 0 Å². The molecule has 0 aromatic heterocycles. The second-order valence-electron chi connectivity index (χ2n) is 7.94. The maximum atomic E-state index is 12.6. The Morgan fingerprint density at radius 2 is 1.77 bits per heavy atom. The van der Waals surface area contributed by atoms with E-state index >= 15 is 0 Å². The molecule has 0 aliphatic carbocycles. The summed E-state index contributed by atoms with van der Waals surface area (Å²) in [5.74, 6) is 2.41. The summed E-state index contributed by atoms with van der Waals surface area (Å²) in [7, 11) is 3.58. The fraction of sp³-hybridized carbons (Fsp3) is 0.500. The van der Waals surface area contributed by atoms with Crippen LogP contribution < -0.4 is 4.74 Å². The largest absolute Gasteiger partial charge is 0.497 e. The number of piperidine rings is 1. The molecule has 4 nitrogen and oxygen atoms in total. The summed E-state index contributed by atoms with van der Waals surface area (Å²) in [6, 6.07) is 12.4. The van der Waals surface area contributed by atoms with Gasteiger partial charge in [-0.3, -0.25) is 9.69 Å². The Hall–Kier alpha value is -2.07. The molecule has 0 saturated carbocycles. The quantitative estimate of drug-likeness (QED) is 0.819. The summed E-state index contributed by atoms with van der Waals surface area (Å²) in [4.78, 5) is 16.8. The van der Waals surface area contributed by atoms with Crippen molar-refractivity contribution < 1.29 is 9.53 Å². The Bertz CT molecular complexity index is 764. The first-order chi connectivity index (χ1) is 12.4. The van der Waals surface area contributed by atoms with E-state index in [1.165, 1.54) is 11.8 Å². The third kappa shape index (κ3) is 4.55. The number of fused-ring (bicyclic) bond motifs is 1. The van der Waals surface area contributed by atoms with E-state index in [2.05, 4.69) is 43.0 Å². The highest BCUT2D eigenvalue weighted by molar-refractivity contribution is 5.84. The molecule has 1 aliphatic heterocycles. The highest BCUT2D eigenvalue weighted by Gasteiger charge is 2.24. The maximum absolute atomic E-state index is 12.6. The molecular weight excluding hydrogens is 324 g/mol. The molecule has 0 spiro atoms. The zero-order valence-corrected chi connectivity index (χ0v) is 16.4. The number of ether oxygens (including phenoxy) is 1. The SMILES string of the molecule is COc1ccc2cc(CN(C)C(=O)CN3C[C@H](C)C[C@@H](C)C3)ccc2c1.